The third kappa shape index (κ3) is 4.64. The van der Waals surface area contributed by atoms with Crippen LogP contribution in [-0.2, 0) is 4.79 Å². The number of benzene rings is 2. The molecule has 0 saturated carbocycles. The van der Waals surface area contributed by atoms with Crippen LogP contribution in [0, 0.1) is 12.7 Å². The van der Waals surface area contributed by atoms with Crippen molar-refractivity contribution in [1.82, 2.24) is 9.80 Å². The minimum atomic E-state index is -0.431. The molecule has 0 bridgehead atoms. The number of halogens is 1. The van der Waals surface area contributed by atoms with E-state index in [1.807, 2.05) is 37.8 Å². The van der Waals surface area contributed by atoms with E-state index in [0.29, 0.717) is 18.7 Å². The number of rotatable bonds is 6. The van der Waals surface area contributed by atoms with Crippen LogP contribution in [0.4, 0.5) is 4.39 Å². The van der Waals surface area contributed by atoms with Gasteiger partial charge < -0.3 is 9.80 Å². The maximum atomic E-state index is 13.6. The number of thioether (sulfide) groups is 1. The second-order valence-corrected chi connectivity index (χ2v) is 9.05. The number of carbonyl (C=O) groups is 2. The molecule has 0 unspecified atom stereocenters. The van der Waals surface area contributed by atoms with Gasteiger partial charge in [0.15, 0.2) is 0 Å². The lowest BCUT2D eigenvalue weighted by molar-refractivity contribution is -0.130. The number of amides is 2. The van der Waals surface area contributed by atoms with Crippen molar-refractivity contribution in [1.29, 1.82) is 0 Å². The summed E-state index contributed by atoms with van der Waals surface area (Å²) < 4.78 is 13.6. The molecule has 3 rings (SSSR count). The Kier molecular flexibility index (Phi) is 6.63. The van der Waals surface area contributed by atoms with E-state index in [0.717, 1.165) is 11.1 Å². The monoisotopic (exact) mass is 414 g/mol. The number of hydrogen-bond donors (Lipinski definition) is 0. The van der Waals surface area contributed by atoms with Crippen LogP contribution >= 0.6 is 11.8 Å². The molecule has 1 heterocycles. The van der Waals surface area contributed by atoms with Crippen molar-refractivity contribution in [2.45, 2.75) is 44.4 Å². The number of carbonyl (C=O) groups excluding carboxylic acids is 2. The quantitative estimate of drug-likeness (QED) is 0.691. The van der Waals surface area contributed by atoms with Crippen LogP contribution in [0.3, 0.4) is 0 Å². The van der Waals surface area contributed by atoms with Crippen LogP contribution in [0.25, 0.3) is 0 Å². The highest BCUT2D eigenvalue weighted by molar-refractivity contribution is 8.01. The van der Waals surface area contributed by atoms with Gasteiger partial charge in [0.25, 0.3) is 5.91 Å². The molecule has 1 saturated heterocycles. The fourth-order valence-electron chi connectivity index (χ4n) is 3.60. The minimum Gasteiger partial charge on any atom is -0.334 e. The van der Waals surface area contributed by atoms with E-state index < -0.39 is 5.82 Å². The van der Waals surface area contributed by atoms with Gasteiger partial charge in [-0.25, -0.2) is 4.39 Å². The molecule has 2 atom stereocenters. The highest BCUT2D eigenvalue weighted by Crippen LogP contribution is 2.43. The van der Waals surface area contributed by atoms with E-state index in [1.54, 1.807) is 22.7 Å². The minimum absolute atomic E-state index is 0.0583. The average Bonchev–Trinajstić information content (AvgIpc) is 2.96. The van der Waals surface area contributed by atoms with Crippen molar-refractivity contribution in [3.63, 3.8) is 0 Å². The molecule has 0 aliphatic carbocycles. The van der Waals surface area contributed by atoms with Crippen LogP contribution in [0.15, 0.2) is 48.5 Å². The molecule has 2 aromatic carbocycles. The summed E-state index contributed by atoms with van der Waals surface area (Å²) in [6, 6.07) is 13.8. The molecule has 0 radical (unpaired) electrons. The van der Waals surface area contributed by atoms with Gasteiger partial charge in [-0.1, -0.05) is 30.3 Å². The van der Waals surface area contributed by atoms with E-state index in [-0.39, 0.29) is 28.5 Å². The molecule has 0 spiro atoms. The summed E-state index contributed by atoms with van der Waals surface area (Å²) in [5.74, 6) is -0.566. The molecule has 1 fully saturated rings. The van der Waals surface area contributed by atoms with Gasteiger partial charge in [-0.3, -0.25) is 9.59 Å². The summed E-state index contributed by atoms with van der Waals surface area (Å²) >= 11 is 1.64. The highest BCUT2D eigenvalue weighted by Gasteiger charge is 2.39. The van der Waals surface area contributed by atoms with Gasteiger partial charge in [-0.15, -0.1) is 11.8 Å². The zero-order chi connectivity index (χ0) is 21.1. The maximum Gasteiger partial charge on any atom is 0.254 e. The SMILES string of the molecule is Cc1ccccc1[C@H]1S[C@@H](C)C(=O)N1CCN(C(=O)c1cccc(F)c1)C(C)C. The number of nitrogens with zero attached hydrogens (tertiary/aromatic N) is 2. The molecule has 0 N–H and O–H groups in total. The third-order valence-corrected chi connectivity index (χ3v) is 6.62. The Morgan fingerprint density at radius 2 is 1.93 bits per heavy atom. The Morgan fingerprint density at radius 3 is 2.59 bits per heavy atom. The predicted octanol–water partition coefficient (Wildman–Crippen LogP) is 4.65. The largest absolute Gasteiger partial charge is 0.334 e. The third-order valence-electron chi connectivity index (χ3n) is 5.24. The van der Waals surface area contributed by atoms with Gasteiger partial charge in [-0.05, 0) is 57.0 Å². The van der Waals surface area contributed by atoms with Crippen LogP contribution in [0.2, 0.25) is 0 Å². The van der Waals surface area contributed by atoms with Crippen molar-refractivity contribution in [3.05, 3.63) is 71.0 Å². The van der Waals surface area contributed by atoms with E-state index in [2.05, 4.69) is 19.1 Å². The molecule has 1 aliphatic rings. The fourth-order valence-corrected chi connectivity index (χ4v) is 5.01. The summed E-state index contributed by atoms with van der Waals surface area (Å²) in [7, 11) is 0. The van der Waals surface area contributed by atoms with Gasteiger partial charge in [0.2, 0.25) is 5.91 Å². The molecular weight excluding hydrogens is 387 g/mol. The summed E-state index contributed by atoms with van der Waals surface area (Å²) in [6.07, 6.45) is 0. The van der Waals surface area contributed by atoms with Gasteiger partial charge in [0, 0.05) is 24.7 Å². The molecule has 6 heteroatoms. The van der Waals surface area contributed by atoms with Gasteiger partial charge in [0.1, 0.15) is 11.2 Å². The number of hydrogen-bond acceptors (Lipinski definition) is 3. The highest BCUT2D eigenvalue weighted by atomic mass is 32.2. The second kappa shape index (κ2) is 8.99. The van der Waals surface area contributed by atoms with E-state index in [9.17, 15) is 14.0 Å². The summed E-state index contributed by atoms with van der Waals surface area (Å²) in [4.78, 5) is 29.3. The zero-order valence-corrected chi connectivity index (χ0v) is 18.1. The Labute approximate surface area is 176 Å². The molecule has 0 aromatic heterocycles. The van der Waals surface area contributed by atoms with Crippen molar-refractivity contribution < 1.29 is 14.0 Å². The first-order valence-electron chi connectivity index (χ1n) is 9.87. The van der Waals surface area contributed by atoms with Crippen molar-refractivity contribution >= 4 is 23.6 Å². The van der Waals surface area contributed by atoms with Crippen LogP contribution in [0.5, 0.6) is 0 Å². The van der Waals surface area contributed by atoms with Gasteiger partial charge in [-0.2, -0.15) is 0 Å². The molecule has 1 aliphatic heterocycles. The maximum absolute atomic E-state index is 13.6. The smallest absolute Gasteiger partial charge is 0.254 e. The standard InChI is InChI=1S/C23H27FN2O2S/c1-15(2)25(22(28)18-9-7-10-19(24)14-18)12-13-26-21(27)17(4)29-23(26)20-11-6-5-8-16(20)3/h5-11,14-15,17,23H,12-13H2,1-4H3/t17-,23+/m0/s1. The fraction of sp³-hybridized carbons (Fsp3) is 0.391. The van der Waals surface area contributed by atoms with E-state index >= 15 is 0 Å². The first kappa shape index (κ1) is 21.4. The topological polar surface area (TPSA) is 40.6 Å². The average molecular weight is 415 g/mol. The van der Waals surface area contributed by atoms with Crippen LogP contribution in [-0.4, -0.2) is 46.0 Å². The number of aryl methyl sites for hydroxylation is 1. The predicted molar refractivity (Wildman–Crippen MR) is 115 cm³/mol. The van der Waals surface area contributed by atoms with Crippen LogP contribution in [0.1, 0.15) is 47.6 Å². The molecule has 154 valence electrons. The lowest BCUT2D eigenvalue weighted by Crippen LogP contribution is -2.43. The lowest BCUT2D eigenvalue weighted by atomic mass is 10.1. The summed E-state index contributed by atoms with van der Waals surface area (Å²) in [5, 5.41) is -0.178. The molecule has 2 amide bonds. The normalized spacial score (nSPS) is 19.1. The Morgan fingerprint density at radius 1 is 1.21 bits per heavy atom. The Hall–Kier alpha value is -2.34. The van der Waals surface area contributed by atoms with Gasteiger partial charge >= 0.3 is 0 Å². The van der Waals surface area contributed by atoms with Crippen molar-refractivity contribution in [2.24, 2.45) is 0 Å². The Bertz CT molecular complexity index is 902. The summed E-state index contributed by atoms with van der Waals surface area (Å²) in [6.45, 7) is 8.67. The molecule has 29 heavy (non-hydrogen) atoms. The first-order chi connectivity index (χ1) is 13.8. The second-order valence-electron chi connectivity index (χ2n) is 7.62. The molecular formula is C23H27FN2O2S. The lowest BCUT2D eigenvalue weighted by Gasteiger charge is -2.31. The van der Waals surface area contributed by atoms with Crippen LogP contribution < -0.4 is 0 Å². The summed E-state index contributed by atoms with van der Waals surface area (Å²) in [5.41, 5.74) is 2.60. The van der Waals surface area contributed by atoms with Gasteiger partial charge in [0.05, 0.1) is 5.25 Å². The van der Waals surface area contributed by atoms with Crippen molar-refractivity contribution in [3.8, 4) is 0 Å². The zero-order valence-electron chi connectivity index (χ0n) is 17.3. The van der Waals surface area contributed by atoms with E-state index in [1.165, 1.54) is 18.2 Å². The first-order valence-corrected chi connectivity index (χ1v) is 10.8. The molecule has 2 aromatic rings. The van der Waals surface area contributed by atoms with E-state index in [4.69, 9.17) is 0 Å². The Balaban J connectivity index is 1.79. The van der Waals surface area contributed by atoms with Crippen molar-refractivity contribution in [2.75, 3.05) is 13.1 Å². The molecule has 4 nitrogen and oxygen atoms in total.